The molecule has 0 saturated carbocycles. The third-order valence-corrected chi connectivity index (χ3v) is 4.81. The number of hydrogen-bond acceptors (Lipinski definition) is 4. The number of aromatic nitrogens is 3. The summed E-state index contributed by atoms with van der Waals surface area (Å²) in [6.07, 6.45) is -0.189. The molecule has 0 aliphatic rings. The van der Waals surface area contributed by atoms with Crippen molar-refractivity contribution in [3.05, 3.63) is 83.6 Å². The van der Waals surface area contributed by atoms with E-state index in [0.29, 0.717) is 29.0 Å². The minimum atomic E-state index is -4.78. The summed E-state index contributed by atoms with van der Waals surface area (Å²) in [5, 5.41) is 12.5. The number of halogens is 4. The number of carbonyl (C=O) groups is 2. The van der Waals surface area contributed by atoms with Crippen molar-refractivity contribution in [3.8, 4) is 0 Å². The SMILES string of the molecule is O=C(CC(=O)Nc1ccc2c(C=Cc3ccccn3)n[nH]c2c1)Nc1cc(F)cc(C(F)(F)F)c1. The van der Waals surface area contributed by atoms with Gasteiger partial charge in [0.25, 0.3) is 0 Å². The van der Waals surface area contributed by atoms with E-state index in [0.717, 1.165) is 17.1 Å². The average Bonchev–Trinajstić information content (AvgIpc) is 3.19. The number of hydrogen-bond donors (Lipinski definition) is 3. The number of carbonyl (C=O) groups excluding carboxylic acids is 2. The Morgan fingerprint density at radius 3 is 2.43 bits per heavy atom. The molecule has 11 heteroatoms. The molecule has 3 N–H and O–H groups in total. The van der Waals surface area contributed by atoms with Crippen molar-refractivity contribution in [2.24, 2.45) is 0 Å². The number of anilines is 2. The molecule has 0 aliphatic heterocycles. The lowest BCUT2D eigenvalue weighted by Crippen LogP contribution is -2.21. The topological polar surface area (TPSA) is 99.8 Å². The molecule has 7 nitrogen and oxygen atoms in total. The van der Waals surface area contributed by atoms with Gasteiger partial charge in [0, 0.05) is 23.0 Å². The first-order chi connectivity index (χ1) is 16.7. The number of benzene rings is 2. The Balaban J connectivity index is 1.39. The molecule has 35 heavy (non-hydrogen) atoms. The molecule has 0 bridgehead atoms. The molecular formula is C24H17F4N5O2. The Morgan fingerprint density at radius 1 is 0.943 bits per heavy atom. The second kappa shape index (κ2) is 9.75. The molecular weight excluding hydrogens is 466 g/mol. The van der Waals surface area contributed by atoms with Crippen molar-refractivity contribution in [3.63, 3.8) is 0 Å². The summed E-state index contributed by atoms with van der Waals surface area (Å²) in [5.74, 6) is -2.77. The van der Waals surface area contributed by atoms with Crippen LogP contribution >= 0.6 is 0 Å². The third kappa shape index (κ3) is 6.08. The van der Waals surface area contributed by atoms with Crippen LogP contribution in [0.4, 0.5) is 28.9 Å². The van der Waals surface area contributed by atoms with Crippen molar-refractivity contribution < 1.29 is 27.2 Å². The number of aromatic amines is 1. The number of H-pyrrole nitrogens is 1. The summed E-state index contributed by atoms with van der Waals surface area (Å²) < 4.78 is 51.9. The number of nitrogens with zero attached hydrogens (tertiary/aromatic N) is 2. The highest BCUT2D eigenvalue weighted by molar-refractivity contribution is 6.08. The Hall–Kier alpha value is -4.54. The molecule has 0 saturated heterocycles. The van der Waals surface area contributed by atoms with E-state index in [-0.39, 0.29) is 0 Å². The minimum Gasteiger partial charge on any atom is -0.326 e. The number of alkyl halides is 3. The fourth-order valence-electron chi connectivity index (χ4n) is 3.27. The number of fused-ring (bicyclic) bond motifs is 1. The summed E-state index contributed by atoms with van der Waals surface area (Å²) in [6, 6.07) is 12.1. The fourth-order valence-corrected chi connectivity index (χ4v) is 3.27. The molecule has 0 aliphatic carbocycles. The van der Waals surface area contributed by atoms with Gasteiger partial charge in [-0.2, -0.15) is 18.3 Å². The molecule has 0 fully saturated rings. The largest absolute Gasteiger partial charge is 0.416 e. The summed E-state index contributed by atoms with van der Waals surface area (Å²) in [7, 11) is 0. The first-order valence-corrected chi connectivity index (χ1v) is 10.2. The maximum absolute atomic E-state index is 13.5. The number of nitrogens with one attached hydrogen (secondary N) is 3. The highest BCUT2D eigenvalue weighted by atomic mass is 19.4. The van der Waals surface area contributed by atoms with Crippen LogP contribution in [0.5, 0.6) is 0 Å². The van der Waals surface area contributed by atoms with Crippen LogP contribution < -0.4 is 10.6 Å². The molecule has 178 valence electrons. The molecule has 2 aromatic carbocycles. The van der Waals surface area contributed by atoms with Gasteiger partial charge in [0.05, 0.1) is 22.5 Å². The summed E-state index contributed by atoms with van der Waals surface area (Å²) in [6.45, 7) is 0. The molecule has 0 atom stereocenters. The first kappa shape index (κ1) is 23.6. The van der Waals surface area contributed by atoms with Crippen LogP contribution in [0.25, 0.3) is 23.1 Å². The van der Waals surface area contributed by atoms with Crippen LogP contribution in [-0.2, 0) is 15.8 Å². The van der Waals surface area contributed by atoms with Gasteiger partial charge in [-0.25, -0.2) is 4.39 Å². The Bertz CT molecular complexity index is 1410. The predicted octanol–water partition coefficient (Wildman–Crippen LogP) is 5.25. The Labute approximate surface area is 195 Å². The Morgan fingerprint density at radius 2 is 1.71 bits per heavy atom. The van der Waals surface area contributed by atoms with E-state index in [4.69, 9.17) is 0 Å². The highest BCUT2D eigenvalue weighted by Crippen LogP contribution is 2.31. The van der Waals surface area contributed by atoms with E-state index in [2.05, 4.69) is 25.8 Å². The van der Waals surface area contributed by atoms with Gasteiger partial charge in [-0.3, -0.25) is 19.7 Å². The first-order valence-electron chi connectivity index (χ1n) is 10.2. The summed E-state index contributed by atoms with van der Waals surface area (Å²) in [5.41, 5.74) is 0.784. The molecule has 0 radical (unpaired) electrons. The maximum Gasteiger partial charge on any atom is 0.416 e. The van der Waals surface area contributed by atoms with Gasteiger partial charge in [0.15, 0.2) is 0 Å². The summed E-state index contributed by atoms with van der Waals surface area (Å²) >= 11 is 0. The van der Waals surface area contributed by atoms with E-state index in [1.54, 1.807) is 36.5 Å². The van der Waals surface area contributed by atoms with Gasteiger partial charge in [0.2, 0.25) is 11.8 Å². The zero-order valence-corrected chi connectivity index (χ0v) is 17.9. The van der Waals surface area contributed by atoms with E-state index in [1.807, 2.05) is 18.2 Å². The molecule has 2 amide bonds. The molecule has 4 aromatic rings. The normalized spacial score (nSPS) is 11.7. The number of rotatable bonds is 6. The van der Waals surface area contributed by atoms with Crippen molar-refractivity contribution in [1.82, 2.24) is 15.2 Å². The van der Waals surface area contributed by atoms with E-state index < -0.39 is 41.5 Å². The second-order valence-electron chi connectivity index (χ2n) is 7.46. The number of pyridine rings is 1. The summed E-state index contributed by atoms with van der Waals surface area (Å²) in [4.78, 5) is 28.5. The van der Waals surface area contributed by atoms with Gasteiger partial charge in [0.1, 0.15) is 12.2 Å². The lowest BCUT2D eigenvalue weighted by atomic mass is 10.1. The van der Waals surface area contributed by atoms with Gasteiger partial charge < -0.3 is 10.6 Å². The monoisotopic (exact) mass is 483 g/mol. The van der Waals surface area contributed by atoms with Crippen LogP contribution in [0, 0.1) is 5.82 Å². The van der Waals surface area contributed by atoms with Crippen LogP contribution in [0.15, 0.2) is 60.8 Å². The highest BCUT2D eigenvalue weighted by Gasteiger charge is 2.31. The minimum absolute atomic E-state index is 0.313. The van der Waals surface area contributed by atoms with Crippen LogP contribution in [-0.4, -0.2) is 27.0 Å². The van der Waals surface area contributed by atoms with Crippen molar-refractivity contribution in [2.45, 2.75) is 12.6 Å². The van der Waals surface area contributed by atoms with Gasteiger partial charge >= 0.3 is 6.18 Å². The molecule has 0 unspecified atom stereocenters. The third-order valence-electron chi connectivity index (χ3n) is 4.81. The zero-order chi connectivity index (χ0) is 25.0. The zero-order valence-electron chi connectivity index (χ0n) is 17.9. The van der Waals surface area contributed by atoms with E-state index in [1.165, 1.54) is 0 Å². The van der Waals surface area contributed by atoms with Gasteiger partial charge in [-0.15, -0.1) is 0 Å². The van der Waals surface area contributed by atoms with Gasteiger partial charge in [-0.05, 0) is 60.7 Å². The Kier molecular flexibility index (Phi) is 6.58. The van der Waals surface area contributed by atoms with Crippen LogP contribution in [0.1, 0.15) is 23.4 Å². The molecule has 2 heterocycles. The van der Waals surface area contributed by atoms with Crippen molar-refractivity contribution in [1.29, 1.82) is 0 Å². The average molecular weight is 483 g/mol. The predicted molar refractivity (Wildman–Crippen MR) is 123 cm³/mol. The molecule has 0 spiro atoms. The number of amides is 2. The van der Waals surface area contributed by atoms with Crippen molar-refractivity contribution in [2.75, 3.05) is 10.6 Å². The van der Waals surface area contributed by atoms with Crippen LogP contribution in [0.3, 0.4) is 0 Å². The van der Waals surface area contributed by atoms with E-state index >= 15 is 0 Å². The second-order valence-corrected chi connectivity index (χ2v) is 7.46. The van der Waals surface area contributed by atoms with Crippen molar-refractivity contribution >= 4 is 46.2 Å². The molecule has 2 aromatic heterocycles. The fraction of sp³-hybridized carbons (Fsp3) is 0.0833. The van der Waals surface area contributed by atoms with Gasteiger partial charge in [-0.1, -0.05) is 6.07 Å². The smallest absolute Gasteiger partial charge is 0.326 e. The maximum atomic E-state index is 13.5. The lowest BCUT2D eigenvalue weighted by molar-refractivity contribution is -0.137. The standard InChI is InChI=1S/C24H17F4N5O2/c25-15-9-14(24(26,27)28)10-18(11-15)31-23(35)13-22(34)30-17-4-6-19-20(32-33-21(19)12-17)7-5-16-3-1-2-8-29-16/h1-12H,13H2,(H,30,34)(H,31,35)(H,32,33). The van der Waals surface area contributed by atoms with E-state index in [9.17, 15) is 27.2 Å². The van der Waals surface area contributed by atoms with Crippen LogP contribution in [0.2, 0.25) is 0 Å². The lowest BCUT2D eigenvalue weighted by Gasteiger charge is -2.11. The molecule has 4 rings (SSSR count). The quantitative estimate of drug-likeness (QED) is 0.258.